The largest absolute Gasteiger partial charge is 0.368 e. The Bertz CT molecular complexity index is 588. The lowest BCUT2D eigenvalue weighted by Gasteiger charge is -2.05. The highest BCUT2D eigenvalue weighted by atomic mass is 32.2. The molecule has 0 aliphatic rings. The summed E-state index contributed by atoms with van der Waals surface area (Å²) in [6.45, 7) is 0. The van der Waals surface area contributed by atoms with Crippen molar-refractivity contribution < 1.29 is 8.42 Å². The number of hydrogen-bond acceptors (Lipinski definition) is 6. The number of aromatic nitrogens is 2. The molecule has 1 aromatic carbocycles. The molecule has 0 spiro atoms. The van der Waals surface area contributed by atoms with Crippen LogP contribution in [0.25, 0.3) is 0 Å². The SMILES string of the molecule is Nc1nccc(Nc2ccc([SH](=O)=O)cc2)n1. The summed E-state index contributed by atoms with van der Waals surface area (Å²) in [5, 5.41) is 2.98. The van der Waals surface area contributed by atoms with Crippen molar-refractivity contribution >= 4 is 28.2 Å². The lowest BCUT2D eigenvalue weighted by Crippen LogP contribution is -1.98. The van der Waals surface area contributed by atoms with Gasteiger partial charge in [0.15, 0.2) is 10.7 Å². The van der Waals surface area contributed by atoms with E-state index in [2.05, 4.69) is 15.3 Å². The number of hydrogen-bond donors (Lipinski definition) is 3. The predicted octanol–water partition coefficient (Wildman–Crippen LogP) is 0.773. The summed E-state index contributed by atoms with van der Waals surface area (Å²) >= 11 is 0. The molecule has 3 N–H and O–H groups in total. The van der Waals surface area contributed by atoms with Crippen LogP contribution in [0.5, 0.6) is 0 Å². The van der Waals surface area contributed by atoms with Crippen molar-refractivity contribution in [2.75, 3.05) is 11.1 Å². The molecule has 2 rings (SSSR count). The third-order valence-corrected chi connectivity index (χ3v) is 2.74. The Morgan fingerprint density at radius 3 is 2.41 bits per heavy atom. The summed E-state index contributed by atoms with van der Waals surface area (Å²) in [6, 6.07) is 7.99. The Morgan fingerprint density at radius 1 is 1.12 bits per heavy atom. The van der Waals surface area contributed by atoms with E-state index in [4.69, 9.17) is 5.73 Å². The van der Waals surface area contributed by atoms with Crippen LogP contribution in [0.1, 0.15) is 0 Å². The van der Waals surface area contributed by atoms with Crippen molar-refractivity contribution in [1.82, 2.24) is 9.97 Å². The van der Waals surface area contributed by atoms with Crippen molar-refractivity contribution in [3.05, 3.63) is 36.5 Å². The van der Waals surface area contributed by atoms with Crippen molar-refractivity contribution in [3.63, 3.8) is 0 Å². The minimum atomic E-state index is -2.55. The van der Waals surface area contributed by atoms with Crippen LogP contribution in [0.3, 0.4) is 0 Å². The number of nitrogens with two attached hydrogens (primary N) is 1. The molecule has 0 saturated heterocycles. The van der Waals surface area contributed by atoms with Gasteiger partial charge in [-0.3, -0.25) is 0 Å². The second-order valence-electron chi connectivity index (χ2n) is 3.23. The fourth-order valence-electron chi connectivity index (χ4n) is 1.26. The van der Waals surface area contributed by atoms with E-state index in [0.717, 1.165) is 5.69 Å². The molecular formula is C10H10N4O2S. The van der Waals surface area contributed by atoms with Crippen LogP contribution >= 0.6 is 0 Å². The van der Waals surface area contributed by atoms with Gasteiger partial charge in [0.25, 0.3) is 0 Å². The molecule has 1 heterocycles. The fourth-order valence-corrected chi connectivity index (χ4v) is 1.65. The maximum atomic E-state index is 10.7. The molecule has 2 aromatic rings. The Hall–Kier alpha value is -2.15. The quantitative estimate of drug-likeness (QED) is 0.696. The van der Waals surface area contributed by atoms with Gasteiger partial charge in [-0.2, -0.15) is 4.98 Å². The molecule has 0 radical (unpaired) electrons. The normalized spacial score (nSPS) is 10.4. The standard InChI is InChI=1S/C10H10N4O2S/c11-10-12-6-5-9(14-10)13-7-1-3-8(4-2-7)17(15)16/h1-6,17H,(H3,11,12,13,14). The number of rotatable bonds is 3. The van der Waals surface area contributed by atoms with E-state index in [9.17, 15) is 8.42 Å². The van der Waals surface area contributed by atoms with Gasteiger partial charge in [-0.05, 0) is 30.3 Å². The van der Waals surface area contributed by atoms with Crippen molar-refractivity contribution in [2.45, 2.75) is 4.90 Å². The van der Waals surface area contributed by atoms with Crippen LogP contribution in [-0.2, 0) is 10.7 Å². The average Bonchev–Trinajstić information content (AvgIpc) is 2.29. The molecular weight excluding hydrogens is 240 g/mol. The third kappa shape index (κ3) is 2.91. The first-order chi connectivity index (χ1) is 8.15. The van der Waals surface area contributed by atoms with Gasteiger partial charge >= 0.3 is 0 Å². The monoisotopic (exact) mass is 250 g/mol. The van der Waals surface area contributed by atoms with Crippen LogP contribution in [0.15, 0.2) is 41.4 Å². The van der Waals surface area contributed by atoms with Crippen molar-refractivity contribution in [2.24, 2.45) is 0 Å². The first kappa shape index (κ1) is 11.3. The molecule has 0 unspecified atom stereocenters. The molecule has 0 aliphatic heterocycles. The van der Waals surface area contributed by atoms with E-state index < -0.39 is 10.7 Å². The summed E-state index contributed by atoms with van der Waals surface area (Å²) in [5.41, 5.74) is 6.16. The highest BCUT2D eigenvalue weighted by Crippen LogP contribution is 2.15. The molecule has 0 atom stereocenters. The summed E-state index contributed by atoms with van der Waals surface area (Å²) in [5.74, 6) is 0.728. The van der Waals surface area contributed by atoms with Crippen LogP contribution in [-0.4, -0.2) is 18.4 Å². The number of nitrogens with zero attached hydrogens (tertiary/aromatic N) is 2. The summed E-state index contributed by atoms with van der Waals surface area (Å²) < 4.78 is 21.4. The van der Waals surface area contributed by atoms with Crippen molar-refractivity contribution in [1.29, 1.82) is 0 Å². The first-order valence-corrected chi connectivity index (χ1v) is 5.93. The lowest BCUT2D eigenvalue weighted by molar-refractivity contribution is 0.614. The maximum absolute atomic E-state index is 10.7. The highest BCUT2D eigenvalue weighted by molar-refractivity contribution is 7.72. The lowest BCUT2D eigenvalue weighted by atomic mass is 10.3. The van der Waals surface area contributed by atoms with E-state index in [0.29, 0.717) is 5.82 Å². The van der Waals surface area contributed by atoms with Gasteiger partial charge in [-0.25, -0.2) is 13.4 Å². The smallest absolute Gasteiger partial charge is 0.221 e. The third-order valence-electron chi connectivity index (χ3n) is 2.02. The van der Waals surface area contributed by atoms with Gasteiger partial charge in [0.1, 0.15) is 5.82 Å². The van der Waals surface area contributed by atoms with Gasteiger partial charge < -0.3 is 11.1 Å². The molecule has 0 amide bonds. The van der Waals surface area contributed by atoms with Crippen LogP contribution in [0, 0.1) is 0 Å². The van der Waals surface area contributed by atoms with Crippen LogP contribution in [0.4, 0.5) is 17.5 Å². The molecule has 0 saturated carbocycles. The molecule has 0 bridgehead atoms. The molecule has 0 fully saturated rings. The van der Waals surface area contributed by atoms with Gasteiger partial charge in [-0.1, -0.05) is 0 Å². The average molecular weight is 250 g/mol. The topological polar surface area (TPSA) is 98.0 Å². The van der Waals surface area contributed by atoms with E-state index in [1.54, 1.807) is 18.2 Å². The van der Waals surface area contributed by atoms with Gasteiger partial charge in [-0.15, -0.1) is 0 Å². The maximum Gasteiger partial charge on any atom is 0.221 e. The zero-order chi connectivity index (χ0) is 12.3. The Balaban J connectivity index is 2.19. The summed E-state index contributed by atoms with van der Waals surface area (Å²) in [4.78, 5) is 8.00. The minimum absolute atomic E-state index is 0.175. The van der Waals surface area contributed by atoms with E-state index >= 15 is 0 Å². The molecule has 88 valence electrons. The Labute approximate surface area is 99.5 Å². The second-order valence-corrected chi connectivity index (χ2v) is 4.26. The van der Waals surface area contributed by atoms with Crippen LogP contribution < -0.4 is 11.1 Å². The highest BCUT2D eigenvalue weighted by Gasteiger charge is 1.98. The zero-order valence-corrected chi connectivity index (χ0v) is 9.59. The van der Waals surface area contributed by atoms with E-state index in [1.807, 2.05) is 0 Å². The Kier molecular flexibility index (Phi) is 3.20. The van der Waals surface area contributed by atoms with Gasteiger partial charge in [0.05, 0.1) is 4.90 Å². The predicted molar refractivity (Wildman–Crippen MR) is 64.7 cm³/mol. The number of thiol groups is 1. The molecule has 17 heavy (non-hydrogen) atoms. The summed E-state index contributed by atoms with van der Waals surface area (Å²) in [6.07, 6.45) is 1.54. The second kappa shape index (κ2) is 4.79. The van der Waals surface area contributed by atoms with Gasteiger partial charge in [0.2, 0.25) is 5.95 Å². The summed E-state index contributed by atoms with van der Waals surface area (Å²) in [7, 11) is -2.55. The molecule has 7 heteroatoms. The molecule has 6 nitrogen and oxygen atoms in total. The first-order valence-electron chi connectivity index (χ1n) is 4.75. The molecule has 0 aliphatic carbocycles. The number of benzene rings is 1. The van der Waals surface area contributed by atoms with Crippen molar-refractivity contribution in [3.8, 4) is 0 Å². The number of anilines is 3. The van der Waals surface area contributed by atoms with E-state index in [-0.39, 0.29) is 10.8 Å². The van der Waals surface area contributed by atoms with Crippen LogP contribution in [0.2, 0.25) is 0 Å². The number of nitrogen functional groups attached to an aromatic ring is 1. The fraction of sp³-hybridized carbons (Fsp3) is 0. The minimum Gasteiger partial charge on any atom is -0.368 e. The number of nitrogens with one attached hydrogen (secondary N) is 1. The zero-order valence-electron chi connectivity index (χ0n) is 8.70. The van der Waals surface area contributed by atoms with Gasteiger partial charge in [0, 0.05) is 11.9 Å². The molecule has 1 aromatic heterocycles. The van der Waals surface area contributed by atoms with E-state index in [1.165, 1.54) is 18.3 Å². The Morgan fingerprint density at radius 2 is 1.82 bits per heavy atom.